The normalized spacial score (nSPS) is 38.3. The van der Waals surface area contributed by atoms with Gasteiger partial charge in [0.2, 0.25) is 0 Å². The Labute approximate surface area is 93.2 Å². The lowest BCUT2D eigenvalue weighted by molar-refractivity contribution is 0.0212. The van der Waals surface area contributed by atoms with Crippen LogP contribution >= 0.6 is 22.6 Å². The van der Waals surface area contributed by atoms with E-state index in [-0.39, 0.29) is 17.6 Å². The van der Waals surface area contributed by atoms with Crippen molar-refractivity contribution in [2.45, 2.75) is 44.3 Å². The van der Waals surface area contributed by atoms with Crippen molar-refractivity contribution in [3.8, 4) is 0 Å². The highest BCUT2D eigenvalue weighted by atomic mass is 127. The second-order valence-electron chi connectivity index (χ2n) is 4.37. The Hall–Kier alpha value is 0.650. The summed E-state index contributed by atoms with van der Waals surface area (Å²) >= 11 is 2.30. The van der Waals surface area contributed by atoms with Gasteiger partial charge in [-0.1, -0.05) is 41.9 Å². The van der Waals surface area contributed by atoms with Crippen molar-refractivity contribution in [2.24, 2.45) is 5.41 Å². The summed E-state index contributed by atoms with van der Waals surface area (Å²) < 4.78 is 6.57. The van der Waals surface area contributed by atoms with Crippen molar-refractivity contribution in [1.29, 1.82) is 0 Å². The number of aliphatic hydroxyl groups is 1. The minimum atomic E-state index is -0.204. The van der Waals surface area contributed by atoms with E-state index in [0.29, 0.717) is 0 Å². The van der Waals surface area contributed by atoms with Crippen LogP contribution in [0, 0.1) is 5.41 Å². The SMILES string of the molecule is O[C@H]1[C@H](CI)OCC12CCCCC2. The first-order valence-electron chi connectivity index (χ1n) is 5.14. The second-order valence-corrected chi connectivity index (χ2v) is 5.25. The first-order chi connectivity index (χ1) is 6.28. The number of aliphatic hydroxyl groups excluding tert-OH is 1. The minimum absolute atomic E-state index is 0.0960. The van der Waals surface area contributed by atoms with Crippen LogP contribution in [0.1, 0.15) is 32.1 Å². The Kier molecular flexibility index (Phi) is 3.15. The van der Waals surface area contributed by atoms with Crippen molar-refractivity contribution in [3.05, 3.63) is 0 Å². The number of alkyl halides is 1. The highest BCUT2D eigenvalue weighted by Gasteiger charge is 2.48. The molecule has 1 N–H and O–H groups in total. The summed E-state index contributed by atoms with van der Waals surface area (Å²) in [5.41, 5.74) is 0.133. The van der Waals surface area contributed by atoms with E-state index >= 15 is 0 Å². The molecule has 0 bridgehead atoms. The van der Waals surface area contributed by atoms with Crippen molar-refractivity contribution < 1.29 is 9.84 Å². The van der Waals surface area contributed by atoms with Crippen molar-refractivity contribution in [3.63, 3.8) is 0 Å². The van der Waals surface area contributed by atoms with Gasteiger partial charge in [0.05, 0.1) is 18.8 Å². The van der Waals surface area contributed by atoms with Gasteiger partial charge in [-0.2, -0.15) is 0 Å². The quantitative estimate of drug-likeness (QED) is 0.593. The van der Waals surface area contributed by atoms with Gasteiger partial charge in [-0.15, -0.1) is 0 Å². The molecule has 1 saturated heterocycles. The molecule has 1 spiro atoms. The molecule has 1 heterocycles. The van der Waals surface area contributed by atoms with Crippen LogP contribution in [0.3, 0.4) is 0 Å². The third-order valence-corrected chi connectivity index (χ3v) is 4.43. The van der Waals surface area contributed by atoms with Crippen LogP contribution in [0.15, 0.2) is 0 Å². The monoisotopic (exact) mass is 296 g/mol. The molecule has 1 saturated carbocycles. The van der Waals surface area contributed by atoms with Gasteiger partial charge < -0.3 is 9.84 Å². The molecule has 0 radical (unpaired) electrons. The number of ether oxygens (including phenoxy) is 1. The van der Waals surface area contributed by atoms with Gasteiger partial charge in [0.15, 0.2) is 0 Å². The molecule has 2 nitrogen and oxygen atoms in total. The number of hydrogen-bond acceptors (Lipinski definition) is 2. The van der Waals surface area contributed by atoms with Gasteiger partial charge in [-0.3, -0.25) is 0 Å². The van der Waals surface area contributed by atoms with E-state index in [1.165, 1.54) is 32.1 Å². The molecule has 0 aromatic carbocycles. The Morgan fingerprint density at radius 2 is 2.00 bits per heavy atom. The number of rotatable bonds is 1. The van der Waals surface area contributed by atoms with E-state index in [2.05, 4.69) is 22.6 Å². The lowest BCUT2D eigenvalue weighted by Gasteiger charge is -2.35. The molecule has 0 amide bonds. The molecular formula is C10H17IO2. The molecule has 1 aliphatic heterocycles. The molecule has 3 heteroatoms. The van der Waals surface area contributed by atoms with Gasteiger partial charge in [0.1, 0.15) is 0 Å². The highest BCUT2D eigenvalue weighted by molar-refractivity contribution is 14.1. The van der Waals surface area contributed by atoms with Crippen LogP contribution < -0.4 is 0 Å². The molecule has 13 heavy (non-hydrogen) atoms. The average molecular weight is 296 g/mol. The van der Waals surface area contributed by atoms with E-state index in [1.807, 2.05) is 0 Å². The summed E-state index contributed by atoms with van der Waals surface area (Å²) in [6, 6.07) is 0. The maximum Gasteiger partial charge on any atom is 0.0929 e. The highest BCUT2D eigenvalue weighted by Crippen LogP contribution is 2.45. The van der Waals surface area contributed by atoms with Crippen LogP contribution in [0.2, 0.25) is 0 Å². The minimum Gasteiger partial charge on any atom is -0.390 e. The van der Waals surface area contributed by atoms with Gasteiger partial charge in [-0.25, -0.2) is 0 Å². The van der Waals surface area contributed by atoms with Crippen molar-refractivity contribution in [1.82, 2.24) is 0 Å². The van der Waals surface area contributed by atoms with Gasteiger partial charge in [0, 0.05) is 9.84 Å². The predicted molar refractivity (Wildman–Crippen MR) is 60.2 cm³/mol. The third kappa shape index (κ3) is 1.75. The molecule has 0 unspecified atom stereocenters. The zero-order valence-electron chi connectivity index (χ0n) is 7.84. The summed E-state index contributed by atoms with van der Waals surface area (Å²) in [5, 5.41) is 10.1. The summed E-state index contributed by atoms with van der Waals surface area (Å²) in [6.45, 7) is 0.793. The largest absolute Gasteiger partial charge is 0.390 e. The predicted octanol–water partition coefficient (Wildman–Crippen LogP) is 2.13. The lowest BCUT2D eigenvalue weighted by atomic mass is 9.71. The molecule has 2 fully saturated rings. The van der Waals surface area contributed by atoms with Crippen LogP contribution in [0.25, 0.3) is 0 Å². The first kappa shape index (κ1) is 10.2. The fourth-order valence-electron chi connectivity index (χ4n) is 2.67. The summed E-state index contributed by atoms with van der Waals surface area (Å²) in [5.74, 6) is 0. The van der Waals surface area contributed by atoms with Crippen LogP contribution in [-0.2, 0) is 4.74 Å². The molecule has 2 aliphatic rings. The van der Waals surface area contributed by atoms with Crippen molar-refractivity contribution in [2.75, 3.05) is 11.0 Å². The third-order valence-electron chi connectivity index (χ3n) is 3.57. The van der Waals surface area contributed by atoms with Gasteiger partial charge in [-0.05, 0) is 12.8 Å². The molecule has 0 aromatic heterocycles. The second kappa shape index (κ2) is 4.03. The first-order valence-corrected chi connectivity index (χ1v) is 6.67. The van der Waals surface area contributed by atoms with E-state index in [1.54, 1.807) is 0 Å². The van der Waals surface area contributed by atoms with Crippen molar-refractivity contribution >= 4 is 22.6 Å². The average Bonchev–Trinajstić information content (AvgIpc) is 2.47. The van der Waals surface area contributed by atoms with Gasteiger partial charge >= 0.3 is 0 Å². The molecule has 2 atom stereocenters. The summed E-state index contributed by atoms with van der Waals surface area (Å²) in [7, 11) is 0. The Balaban J connectivity index is 2.06. The Bertz CT molecular complexity index is 178. The lowest BCUT2D eigenvalue weighted by Crippen LogP contribution is -2.39. The summed E-state index contributed by atoms with van der Waals surface area (Å²) in [4.78, 5) is 0. The van der Waals surface area contributed by atoms with Gasteiger partial charge in [0.25, 0.3) is 0 Å². The zero-order valence-corrected chi connectivity index (χ0v) is 10.00. The maximum absolute atomic E-state index is 10.1. The molecule has 2 rings (SSSR count). The number of halogens is 1. The van der Waals surface area contributed by atoms with Crippen LogP contribution in [-0.4, -0.2) is 28.3 Å². The fraction of sp³-hybridized carbons (Fsp3) is 1.00. The standard InChI is InChI=1S/C10H17IO2/c11-6-8-9(12)10(7-13-8)4-2-1-3-5-10/h8-9,12H,1-7H2/t8-,9-/m0/s1. The zero-order chi connectivity index (χ0) is 9.31. The topological polar surface area (TPSA) is 29.5 Å². The van der Waals surface area contributed by atoms with E-state index in [4.69, 9.17) is 4.74 Å². The molecule has 1 aliphatic carbocycles. The molecule has 76 valence electrons. The smallest absolute Gasteiger partial charge is 0.0929 e. The molecular weight excluding hydrogens is 279 g/mol. The fourth-order valence-corrected chi connectivity index (χ4v) is 3.40. The Morgan fingerprint density at radius 1 is 1.31 bits per heavy atom. The number of hydrogen-bond donors (Lipinski definition) is 1. The maximum atomic E-state index is 10.1. The van der Waals surface area contributed by atoms with E-state index < -0.39 is 0 Å². The Morgan fingerprint density at radius 3 is 2.54 bits per heavy atom. The van der Waals surface area contributed by atoms with E-state index in [9.17, 15) is 5.11 Å². The summed E-state index contributed by atoms with van der Waals surface area (Å²) in [6.07, 6.45) is 6.11. The molecule has 0 aromatic rings. The van der Waals surface area contributed by atoms with E-state index in [0.717, 1.165) is 11.0 Å². The van der Waals surface area contributed by atoms with Crippen LogP contribution in [0.5, 0.6) is 0 Å². The van der Waals surface area contributed by atoms with Crippen LogP contribution in [0.4, 0.5) is 0 Å².